The molecule has 0 aliphatic heterocycles. The predicted molar refractivity (Wildman–Crippen MR) is 80.1 cm³/mol. The molecule has 4 heteroatoms. The summed E-state index contributed by atoms with van der Waals surface area (Å²) in [6, 6.07) is 2.04. The number of rotatable bonds is 7. The Kier molecular flexibility index (Phi) is 6.33. The van der Waals surface area contributed by atoms with Gasteiger partial charge >= 0.3 is 0 Å². The zero-order chi connectivity index (χ0) is 15.3. The van der Waals surface area contributed by atoms with Crippen LogP contribution in [0.3, 0.4) is 0 Å². The molecule has 0 atom stereocenters. The van der Waals surface area contributed by atoms with Crippen LogP contribution in [0.2, 0.25) is 0 Å². The molecule has 2 N–H and O–H groups in total. The van der Waals surface area contributed by atoms with Crippen LogP contribution in [-0.4, -0.2) is 47.2 Å². The number of hydrogen-bond donors (Lipinski definition) is 2. The molecule has 1 aromatic carbocycles. The van der Waals surface area contributed by atoms with Crippen LogP contribution in [0.5, 0.6) is 0 Å². The zero-order valence-electron chi connectivity index (χ0n) is 12.9. The molecular formula is C16H25NO3. The van der Waals surface area contributed by atoms with Gasteiger partial charge in [0.25, 0.3) is 0 Å². The van der Waals surface area contributed by atoms with Crippen molar-refractivity contribution in [2.75, 3.05) is 26.3 Å². The lowest BCUT2D eigenvalue weighted by Gasteiger charge is -2.24. The van der Waals surface area contributed by atoms with Gasteiger partial charge in [0.05, 0.1) is 13.2 Å². The second-order valence-corrected chi connectivity index (χ2v) is 5.27. The quantitative estimate of drug-likeness (QED) is 0.744. The largest absolute Gasteiger partial charge is 0.395 e. The summed E-state index contributed by atoms with van der Waals surface area (Å²) >= 11 is 0. The molecule has 0 aromatic heterocycles. The first-order chi connectivity index (χ1) is 9.42. The Balaban J connectivity index is 3.16. The highest BCUT2D eigenvalue weighted by Crippen LogP contribution is 2.24. The van der Waals surface area contributed by atoms with Gasteiger partial charge in [-0.15, -0.1) is 0 Å². The third-order valence-electron chi connectivity index (χ3n) is 3.70. The van der Waals surface area contributed by atoms with Crippen LogP contribution in [0.1, 0.15) is 39.5 Å². The van der Waals surface area contributed by atoms with E-state index in [9.17, 15) is 4.79 Å². The van der Waals surface area contributed by atoms with E-state index in [1.807, 2.05) is 31.7 Å². The van der Waals surface area contributed by atoms with Gasteiger partial charge in [0.1, 0.15) is 0 Å². The van der Waals surface area contributed by atoms with Gasteiger partial charge in [-0.05, 0) is 49.9 Å². The zero-order valence-corrected chi connectivity index (χ0v) is 12.9. The molecule has 0 unspecified atom stereocenters. The first-order valence-electron chi connectivity index (χ1n) is 6.97. The van der Waals surface area contributed by atoms with Crippen molar-refractivity contribution >= 4 is 5.78 Å². The van der Waals surface area contributed by atoms with E-state index >= 15 is 0 Å². The van der Waals surface area contributed by atoms with Gasteiger partial charge in [0, 0.05) is 25.2 Å². The van der Waals surface area contributed by atoms with Crippen molar-refractivity contribution < 1.29 is 15.0 Å². The second-order valence-electron chi connectivity index (χ2n) is 5.27. The number of carbonyl (C=O) groups excluding carboxylic acids is 1. The topological polar surface area (TPSA) is 60.8 Å². The first-order valence-corrected chi connectivity index (χ1v) is 6.97. The molecule has 0 spiro atoms. The number of nitrogens with zero attached hydrogens (tertiary/aromatic N) is 1. The van der Waals surface area contributed by atoms with Gasteiger partial charge in [-0.3, -0.25) is 9.69 Å². The maximum Gasteiger partial charge on any atom is 0.160 e. The number of aryl methyl sites for hydroxylation is 2. The van der Waals surface area contributed by atoms with Gasteiger partial charge in [-0.2, -0.15) is 0 Å². The Morgan fingerprint density at radius 3 is 2.10 bits per heavy atom. The molecule has 1 aromatic rings. The van der Waals surface area contributed by atoms with Gasteiger partial charge in [-0.1, -0.05) is 6.07 Å². The van der Waals surface area contributed by atoms with Crippen molar-refractivity contribution in [3.63, 3.8) is 0 Å². The van der Waals surface area contributed by atoms with Crippen LogP contribution in [0.4, 0.5) is 0 Å². The number of benzene rings is 1. The second kappa shape index (κ2) is 7.53. The van der Waals surface area contributed by atoms with E-state index in [1.165, 1.54) is 0 Å². The average Bonchev–Trinajstić information content (AvgIpc) is 2.34. The summed E-state index contributed by atoms with van der Waals surface area (Å²) in [6.07, 6.45) is 0. The molecule has 0 radical (unpaired) electrons. The van der Waals surface area contributed by atoms with Crippen molar-refractivity contribution in [1.29, 1.82) is 0 Å². The number of hydrogen-bond acceptors (Lipinski definition) is 4. The number of aliphatic hydroxyl groups excluding tert-OH is 2. The molecule has 112 valence electrons. The highest BCUT2D eigenvalue weighted by molar-refractivity contribution is 5.97. The van der Waals surface area contributed by atoms with E-state index in [-0.39, 0.29) is 19.0 Å². The first kappa shape index (κ1) is 16.8. The predicted octanol–water partition coefficient (Wildman–Crippen LogP) is 1.60. The van der Waals surface area contributed by atoms with Crippen molar-refractivity contribution in [3.05, 3.63) is 33.9 Å². The molecule has 0 saturated carbocycles. The summed E-state index contributed by atoms with van der Waals surface area (Å²) in [6.45, 7) is 9.35. The number of Topliss-reactive ketones (excluding diaryl/α,β-unsaturated/α-hetero) is 1. The Labute approximate surface area is 121 Å². The smallest absolute Gasteiger partial charge is 0.160 e. The lowest BCUT2D eigenvalue weighted by Crippen LogP contribution is -2.30. The Morgan fingerprint density at radius 2 is 1.65 bits per heavy atom. The van der Waals surface area contributed by atoms with E-state index in [0.717, 1.165) is 27.8 Å². The van der Waals surface area contributed by atoms with E-state index in [1.54, 1.807) is 6.92 Å². The SMILES string of the molecule is CC(=O)c1c(C)cc(C)c(CN(CCO)CCO)c1C. The van der Waals surface area contributed by atoms with Crippen LogP contribution in [0.15, 0.2) is 6.07 Å². The lowest BCUT2D eigenvalue weighted by molar-refractivity contribution is 0.101. The lowest BCUT2D eigenvalue weighted by atomic mass is 9.91. The van der Waals surface area contributed by atoms with Crippen molar-refractivity contribution in [1.82, 2.24) is 4.90 Å². The minimum absolute atomic E-state index is 0.0590. The molecule has 0 amide bonds. The maximum absolute atomic E-state index is 11.8. The van der Waals surface area contributed by atoms with Crippen LogP contribution < -0.4 is 0 Å². The van der Waals surface area contributed by atoms with Crippen LogP contribution in [0, 0.1) is 20.8 Å². The maximum atomic E-state index is 11.8. The normalized spacial score (nSPS) is 11.2. The fourth-order valence-electron chi connectivity index (χ4n) is 2.79. The molecular weight excluding hydrogens is 254 g/mol. The van der Waals surface area contributed by atoms with Gasteiger partial charge in [0.2, 0.25) is 0 Å². The van der Waals surface area contributed by atoms with Crippen LogP contribution >= 0.6 is 0 Å². The average molecular weight is 279 g/mol. The molecule has 0 aliphatic carbocycles. The van der Waals surface area contributed by atoms with Crippen molar-refractivity contribution in [3.8, 4) is 0 Å². The molecule has 20 heavy (non-hydrogen) atoms. The van der Waals surface area contributed by atoms with Crippen molar-refractivity contribution in [2.24, 2.45) is 0 Å². The Morgan fingerprint density at radius 1 is 1.10 bits per heavy atom. The Bertz CT molecular complexity index is 477. The third kappa shape index (κ3) is 3.88. The van der Waals surface area contributed by atoms with E-state index < -0.39 is 0 Å². The monoisotopic (exact) mass is 279 g/mol. The fourth-order valence-corrected chi connectivity index (χ4v) is 2.79. The van der Waals surface area contributed by atoms with Crippen LogP contribution in [-0.2, 0) is 6.54 Å². The molecule has 0 bridgehead atoms. The molecule has 4 nitrogen and oxygen atoms in total. The third-order valence-corrected chi connectivity index (χ3v) is 3.70. The van der Waals surface area contributed by atoms with Crippen LogP contribution in [0.25, 0.3) is 0 Å². The van der Waals surface area contributed by atoms with E-state index in [2.05, 4.69) is 0 Å². The minimum atomic E-state index is 0.0590. The summed E-state index contributed by atoms with van der Waals surface area (Å²) < 4.78 is 0. The fraction of sp³-hybridized carbons (Fsp3) is 0.562. The molecule has 0 aliphatic rings. The van der Waals surface area contributed by atoms with Gasteiger partial charge in [-0.25, -0.2) is 0 Å². The van der Waals surface area contributed by atoms with E-state index in [0.29, 0.717) is 19.6 Å². The molecule has 0 fully saturated rings. The molecule has 1 rings (SSSR count). The highest BCUT2D eigenvalue weighted by atomic mass is 16.3. The van der Waals surface area contributed by atoms with Gasteiger partial charge < -0.3 is 10.2 Å². The number of carbonyl (C=O) groups is 1. The highest BCUT2D eigenvalue weighted by Gasteiger charge is 2.16. The summed E-state index contributed by atoms with van der Waals surface area (Å²) in [4.78, 5) is 13.8. The number of aliphatic hydroxyl groups is 2. The molecule has 0 heterocycles. The summed E-state index contributed by atoms with van der Waals surface area (Å²) in [7, 11) is 0. The van der Waals surface area contributed by atoms with E-state index in [4.69, 9.17) is 10.2 Å². The summed E-state index contributed by atoms with van der Waals surface area (Å²) in [5.41, 5.74) is 5.06. The number of ketones is 1. The summed E-state index contributed by atoms with van der Waals surface area (Å²) in [5.74, 6) is 0.0807. The standard InChI is InChI=1S/C16H25NO3/c1-11-9-12(2)16(14(4)20)13(3)15(11)10-17(5-7-18)6-8-19/h9,18-19H,5-8,10H2,1-4H3. The van der Waals surface area contributed by atoms with Crippen molar-refractivity contribution in [2.45, 2.75) is 34.2 Å². The Hall–Kier alpha value is -1.23. The molecule has 0 saturated heterocycles. The minimum Gasteiger partial charge on any atom is -0.395 e. The van der Waals surface area contributed by atoms with Gasteiger partial charge in [0.15, 0.2) is 5.78 Å². The summed E-state index contributed by atoms with van der Waals surface area (Å²) in [5, 5.41) is 18.2.